The second kappa shape index (κ2) is 10.9. The van der Waals surface area contributed by atoms with Gasteiger partial charge in [-0.15, -0.1) is 23.5 Å². The summed E-state index contributed by atoms with van der Waals surface area (Å²) in [7, 11) is 0. The second-order valence-electron chi connectivity index (χ2n) is 11.1. The van der Waals surface area contributed by atoms with Crippen LogP contribution in [0.3, 0.4) is 0 Å². The highest BCUT2D eigenvalue weighted by Crippen LogP contribution is 2.60. The van der Waals surface area contributed by atoms with E-state index < -0.39 is 72.8 Å². The summed E-state index contributed by atoms with van der Waals surface area (Å²) in [5.41, 5.74) is 9.44. The SMILES string of the molecule is CC1(C)S[C@@H]2[C@H](NC(=O)C(N=[N+]=[N-])c3ccccc3)C(=O)N2[C@H]1C(=O)OCOC(=O)[C@@H]1N2C(=O)C(Br)(Br)[C@H]2SC1(C)C. The molecule has 0 radical (unpaired) electrons. The summed E-state index contributed by atoms with van der Waals surface area (Å²) in [4.78, 5) is 70.4. The lowest BCUT2D eigenvalue weighted by Gasteiger charge is -2.46. The number of fused-ring (bicyclic) bond motifs is 2. The fourth-order valence-corrected chi connectivity index (χ4v) is 10.1. The van der Waals surface area contributed by atoms with Gasteiger partial charge in [0.25, 0.3) is 5.91 Å². The number of alkyl halides is 2. The zero-order chi connectivity index (χ0) is 30.8. The van der Waals surface area contributed by atoms with E-state index in [1.807, 2.05) is 13.8 Å². The highest BCUT2D eigenvalue weighted by Gasteiger charge is 2.70. The van der Waals surface area contributed by atoms with Gasteiger partial charge in [-0.1, -0.05) is 67.3 Å². The van der Waals surface area contributed by atoms with Crippen LogP contribution in [0.25, 0.3) is 10.4 Å². The van der Waals surface area contributed by atoms with Crippen LogP contribution in [0.5, 0.6) is 0 Å². The Morgan fingerprint density at radius 1 is 1.02 bits per heavy atom. The largest absolute Gasteiger partial charge is 0.426 e. The highest BCUT2D eigenvalue weighted by molar-refractivity contribution is 9.26. The van der Waals surface area contributed by atoms with E-state index >= 15 is 0 Å². The van der Waals surface area contributed by atoms with Gasteiger partial charge < -0.3 is 24.6 Å². The Morgan fingerprint density at radius 3 is 2.19 bits per heavy atom. The van der Waals surface area contributed by atoms with Gasteiger partial charge in [-0.25, -0.2) is 9.59 Å². The van der Waals surface area contributed by atoms with Crippen LogP contribution < -0.4 is 5.32 Å². The van der Waals surface area contributed by atoms with Crippen LogP contribution in [0, 0.1) is 0 Å². The highest BCUT2D eigenvalue weighted by atomic mass is 79.9. The van der Waals surface area contributed by atoms with Gasteiger partial charge in [0.2, 0.25) is 18.6 Å². The summed E-state index contributed by atoms with van der Waals surface area (Å²) in [5.74, 6) is -2.90. The van der Waals surface area contributed by atoms with E-state index in [-0.39, 0.29) is 11.3 Å². The first-order chi connectivity index (χ1) is 19.6. The second-order valence-corrected chi connectivity index (χ2v) is 18.2. The van der Waals surface area contributed by atoms with Crippen molar-refractivity contribution in [2.24, 2.45) is 5.11 Å². The number of azide groups is 1. The van der Waals surface area contributed by atoms with Crippen LogP contribution in [-0.4, -0.2) is 87.9 Å². The Balaban J connectivity index is 1.19. The average Bonchev–Trinajstić information content (AvgIpc) is 3.36. The molecule has 1 unspecified atom stereocenters. The summed E-state index contributed by atoms with van der Waals surface area (Å²) in [5, 5.41) is 5.38. The van der Waals surface area contributed by atoms with Gasteiger partial charge in [-0.3, -0.25) is 14.4 Å². The number of amides is 3. The molecule has 4 heterocycles. The van der Waals surface area contributed by atoms with Gasteiger partial charge in [0.05, 0.1) is 0 Å². The molecule has 1 aromatic rings. The minimum atomic E-state index is -1.17. The maximum Gasteiger partial charge on any atom is 0.333 e. The number of benzene rings is 1. The summed E-state index contributed by atoms with van der Waals surface area (Å²) < 4.78 is 8.18. The minimum absolute atomic E-state index is 0.298. The lowest BCUT2D eigenvalue weighted by Crippen LogP contribution is -2.71. The Bertz CT molecular complexity index is 1410. The third-order valence-electron chi connectivity index (χ3n) is 7.55. The topological polar surface area (TPSA) is 171 Å². The zero-order valence-corrected chi connectivity index (χ0v) is 27.5. The van der Waals surface area contributed by atoms with E-state index in [0.29, 0.717) is 5.56 Å². The van der Waals surface area contributed by atoms with E-state index in [4.69, 9.17) is 15.0 Å². The van der Waals surface area contributed by atoms with Gasteiger partial charge in [0.1, 0.15) is 34.9 Å². The fraction of sp³-hybridized carbons (Fsp3) is 0.560. The monoisotopic (exact) mass is 744 g/mol. The predicted octanol–water partition coefficient (Wildman–Crippen LogP) is 3.18. The van der Waals surface area contributed by atoms with Crippen LogP contribution in [0.15, 0.2) is 35.4 Å². The van der Waals surface area contributed by atoms with E-state index in [1.165, 1.54) is 33.3 Å². The Labute approximate surface area is 266 Å². The van der Waals surface area contributed by atoms with Crippen molar-refractivity contribution in [1.29, 1.82) is 0 Å². The first-order valence-corrected chi connectivity index (χ1v) is 16.1. The number of ether oxygens (including phenoxy) is 2. The third-order valence-corrected chi connectivity index (χ3v) is 12.9. The molecule has 4 aliphatic heterocycles. The van der Waals surface area contributed by atoms with Gasteiger partial charge in [-0.2, -0.15) is 0 Å². The molecule has 13 nitrogen and oxygen atoms in total. The zero-order valence-electron chi connectivity index (χ0n) is 22.7. The number of nitrogens with zero attached hydrogens (tertiary/aromatic N) is 5. The number of halogens is 2. The number of carbonyl (C=O) groups is 5. The van der Waals surface area contributed by atoms with Crippen molar-refractivity contribution in [3.8, 4) is 0 Å². The molecule has 0 bridgehead atoms. The molecule has 42 heavy (non-hydrogen) atoms. The maximum atomic E-state index is 13.2. The van der Waals surface area contributed by atoms with Crippen LogP contribution in [0.4, 0.5) is 0 Å². The van der Waals surface area contributed by atoms with Gasteiger partial charge in [0, 0.05) is 14.4 Å². The number of thioether (sulfide) groups is 2. The summed E-state index contributed by atoms with van der Waals surface area (Å²) in [6.45, 7) is 6.51. The van der Waals surface area contributed by atoms with E-state index in [9.17, 15) is 24.0 Å². The predicted molar refractivity (Wildman–Crippen MR) is 160 cm³/mol. The van der Waals surface area contributed by atoms with Crippen molar-refractivity contribution in [2.45, 2.75) is 75.3 Å². The van der Waals surface area contributed by atoms with E-state index in [2.05, 4.69) is 47.2 Å². The lowest BCUT2D eigenvalue weighted by molar-refractivity contribution is -0.181. The van der Waals surface area contributed by atoms with Gasteiger partial charge in [-0.05, 0) is 38.8 Å². The quantitative estimate of drug-likeness (QED) is 0.0799. The number of rotatable bonds is 8. The molecule has 6 atom stereocenters. The van der Waals surface area contributed by atoms with Crippen molar-refractivity contribution in [3.63, 3.8) is 0 Å². The van der Waals surface area contributed by atoms with Crippen molar-refractivity contribution in [2.75, 3.05) is 6.79 Å². The molecular formula is C25H26Br2N6O7S2. The van der Waals surface area contributed by atoms with E-state index in [1.54, 1.807) is 44.2 Å². The third kappa shape index (κ3) is 4.96. The molecule has 4 fully saturated rings. The number of hydrogen-bond donors (Lipinski definition) is 1. The number of esters is 2. The number of nitrogens with one attached hydrogen (secondary N) is 1. The number of hydrogen-bond acceptors (Lipinski definition) is 10. The van der Waals surface area contributed by atoms with Crippen LogP contribution in [-0.2, 0) is 33.4 Å². The number of β-lactam (4-membered cyclic amide) rings is 2. The summed E-state index contributed by atoms with van der Waals surface area (Å²) in [6.07, 6.45) is 0. The molecule has 1 N–H and O–H groups in total. The van der Waals surface area contributed by atoms with Crippen LogP contribution in [0.1, 0.15) is 39.3 Å². The molecule has 1 aromatic carbocycles. The van der Waals surface area contributed by atoms with Crippen LogP contribution >= 0.6 is 55.4 Å². The Morgan fingerprint density at radius 2 is 1.60 bits per heavy atom. The molecule has 3 amide bonds. The molecule has 0 spiro atoms. The summed E-state index contributed by atoms with van der Waals surface area (Å²) >= 11 is 9.47. The molecular weight excluding hydrogens is 720 g/mol. The van der Waals surface area contributed by atoms with Crippen LogP contribution in [0.2, 0.25) is 0 Å². The van der Waals surface area contributed by atoms with Crippen molar-refractivity contribution >= 4 is 85.0 Å². The molecule has 0 aliphatic carbocycles. The minimum Gasteiger partial charge on any atom is -0.426 e. The Hall–Kier alpha value is -2.46. The molecule has 224 valence electrons. The van der Waals surface area contributed by atoms with Crippen molar-refractivity contribution < 1.29 is 33.4 Å². The molecule has 4 aliphatic rings. The van der Waals surface area contributed by atoms with Gasteiger partial charge in [0.15, 0.2) is 3.23 Å². The molecule has 4 saturated heterocycles. The average molecular weight is 746 g/mol. The van der Waals surface area contributed by atoms with Crippen molar-refractivity contribution in [1.82, 2.24) is 15.1 Å². The number of carbonyl (C=O) groups excluding carboxylic acids is 5. The molecule has 17 heteroatoms. The standard InChI is InChI=1S/C25H26Br2N6O7S2/c1-23(2)14(19(36)39-10-40-20(37)15-24(3,4)42-22-25(26,27)21(38)33(15)22)32-17(35)13(18(32)41-23)29-16(34)12(30-31-28)11-8-6-5-7-9-11/h5-9,12-15,18,22H,10H2,1-4H3,(H,29,34)/t12?,13-,14+,15+,18-,22-/m1/s1. The summed E-state index contributed by atoms with van der Waals surface area (Å²) in [6, 6.07) is 4.46. The molecule has 0 aromatic heterocycles. The lowest BCUT2D eigenvalue weighted by atomic mass is 9.95. The normalized spacial score (nSPS) is 30.1. The Kier molecular flexibility index (Phi) is 8.05. The maximum absolute atomic E-state index is 13.2. The molecule has 0 saturated carbocycles. The smallest absolute Gasteiger partial charge is 0.333 e. The van der Waals surface area contributed by atoms with E-state index in [0.717, 1.165) is 0 Å². The van der Waals surface area contributed by atoms with Crippen molar-refractivity contribution in [3.05, 3.63) is 46.3 Å². The fourth-order valence-electron chi connectivity index (χ4n) is 5.58. The first-order valence-electron chi connectivity index (χ1n) is 12.7. The van der Waals surface area contributed by atoms with Gasteiger partial charge >= 0.3 is 11.9 Å². The molecule has 5 rings (SSSR count). The first kappa shape index (κ1) is 31.0.